The molecular formula is C27H32F4N6O2. The maximum atomic E-state index is 15.6. The van der Waals surface area contributed by atoms with Crippen molar-refractivity contribution in [3.8, 4) is 0 Å². The van der Waals surface area contributed by atoms with E-state index >= 15 is 4.39 Å². The van der Waals surface area contributed by atoms with Crippen LogP contribution in [0, 0.1) is 16.2 Å². The zero-order chi connectivity index (χ0) is 28.2. The SMILES string of the molecule is CN(C=N)C(=N)C(F)C1(C2=CC(n3cc4c(C(F)(F)F)cc(CNC5(C)CCC5)cn4c3=O)=CCC2)COC1. The molecule has 0 aromatic carbocycles. The van der Waals surface area contributed by atoms with Crippen molar-refractivity contribution in [1.29, 1.82) is 10.8 Å². The molecule has 1 saturated carbocycles. The zero-order valence-corrected chi connectivity index (χ0v) is 21.9. The number of hydrogen-bond donors (Lipinski definition) is 3. The average molecular weight is 549 g/mol. The van der Waals surface area contributed by atoms with Crippen molar-refractivity contribution >= 4 is 23.4 Å². The van der Waals surface area contributed by atoms with Gasteiger partial charge < -0.3 is 15.0 Å². The van der Waals surface area contributed by atoms with E-state index in [-0.39, 0.29) is 36.6 Å². The quantitative estimate of drug-likeness (QED) is 0.256. The molecule has 0 amide bonds. The minimum atomic E-state index is -4.67. The van der Waals surface area contributed by atoms with Gasteiger partial charge in [-0.05, 0) is 56.7 Å². The normalized spacial score (nSPS) is 20.9. The van der Waals surface area contributed by atoms with Crippen LogP contribution in [0.3, 0.4) is 0 Å². The highest BCUT2D eigenvalue weighted by Gasteiger charge is 2.52. The van der Waals surface area contributed by atoms with Crippen LogP contribution >= 0.6 is 0 Å². The lowest BCUT2D eigenvalue weighted by atomic mass is 9.70. The number of allylic oxidation sites excluding steroid dienone is 3. The van der Waals surface area contributed by atoms with Gasteiger partial charge >= 0.3 is 11.9 Å². The molecule has 39 heavy (non-hydrogen) atoms. The highest BCUT2D eigenvalue weighted by atomic mass is 19.4. The van der Waals surface area contributed by atoms with E-state index in [1.807, 2.05) is 6.92 Å². The molecule has 3 heterocycles. The number of aromatic nitrogens is 2. The molecule has 0 spiro atoms. The number of imidazole rings is 1. The molecule has 2 fully saturated rings. The van der Waals surface area contributed by atoms with Gasteiger partial charge in [0, 0.05) is 37.2 Å². The molecule has 210 valence electrons. The van der Waals surface area contributed by atoms with Crippen LogP contribution in [0.25, 0.3) is 11.2 Å². The van der Waals surface area contributed by atoms with Crippen molar-refractivity contribution in [3.63, 3.8) is 0 Å². The van der Waals surface area contributed by atoms with Crippen LogP contribution in [0.1, 0.15) is 50.2 Å². The summed E-state index contributed by atoms with van der Waals surface area (Å²) >= 11 is 0. The fourth-order valence-corrected chi connectivity index (χ4v) is 5.53. The number of alkyl halides is 4. The van der Waals surface area contributed by atoms with Crippen LogP contribution in [-0.2, 0) is 17.5 Å². The Balaban J connectivity index is 1.53. The van der Waals surface area contributed by atoms with Crippen molar-refractivity contribution in [2.45, 2.75) is 63.5 Å². The number of fused-ring (bicyclic) bond motifs is 1. The second-order valence-electron chi connectivity index (χ2n) is 11.0. The Morgan fingerprint density at radius 3 is 2.59 bits per heavy atom. The van der Waals surface area contributed by atoms with Crippen molar-refractivity contribution in [2.75, 3.05) is 20.3 Å². The van der Waals surface area contributed by atoms with Crippen LogP contribution in [0.4, 0.5) is 17.6 Å². The molecule has 8 nitrogen and oxygen atoms in total. The van der Waals surface area contributed by atoms with Crippen molar-refractivity contribution in [1.82, 2.24) is 19.2 Å². The Labute approximate surface area is 222 Å². The van der Waals surface area contributed by atoms with Gasteiger partial charge in [0.1, 0.15) is 5.84 Å². The number of pyridine rings is 1. The number of hydrogen-bond acceptors (Lipinski definition) is 5. The molecule has 0 bridgehead atoms. The van der Waals surface area contributed by atoms with E-state index in [1.54, 1.807) is 12.2 Å². The van der Waals surface area contributed by atoms with Crippen LogP contribution in [0.15, 0.2) is 41.0 Å². The van der Waals surface area contributed by atoms with E-state index in [1.165, 1.54) is 24.0 Å². The van der Waals surface area contributed by atoms with E-state index in [0.717, 1.165) is 41.0 Å². The molecule has 12 heteroatoms. The summed E-state index contributed by atoms with van der Waals surface area (Å²) in [7, 11) is 1.41. The molecule has 2 aliphatic carbocycles. The summed E-state index contributed by atoms with van der Waals surface area (Å²) in [6.07, 6.45) is 4.30. The summed E-state index contributed by atoms with van der Waals surface area (Å²) < 4.78 is 65.4. The van der Waals surface area contributed by atoms with Gasteiger partial charge in [0.2, 0.25) is 0 Å². The Morgan fingerprint density at radius 2 is 2.03 bits per heavy atom. The molecule has 1 unspecified atom stereocenters. The largest absolute Gasteiger partial charge is 0.418 e. The van der Waals surface area contributed by atoms with Gasteiger partial charge in [0.05, 0.1) is 36.0 Å². The first-order valence-electron chi connectivity index (χ1n) is 12.9. The molecule has 3 N–H and O–H groups in total. The third kappa shape index (κ3) is 4.73. The Hall–Kier alpha value is -3.25. The maximum Gasteiger partial charge on any atom is 0.418 e. The first-order chi connectivity index (χ1) is 18.4. The number of nitrogens with zero attached hydrogens (tertiary/aromatic N) is 3. The van der Waals surface area contributed by atoms with E-state index in [0.29, 0.717) is 29.7 Å². The highest BCUT2D eigenvalue weighted by Crippen LogP contribution is 2.45. The lowest BCUT2D eigenvalue weighted by Gasteiger charge is -2.47. The lowest BCUT2D eigenvalue weighted by molar-refractivity contribution is -0.136. The van der Waals surface area contributed by atoms with Crippen LogP contribution in [0.5, 0.6) is 0 Å². The molecule has 1 saturated heterocycles. The first-order valence-corrected chi connectivity index (χ1v) is 12.9. The number of amidine groups is 1. The van der Waals surface area contributed by atoms with Crippen molar-refractivity contribution in [3.05, 3.63) is 57.8 Å². The monoisotopic (exact) mass is 548 g/mol. The molecule has 2 aromatic heterocycles. The summed E-state index contributed by atoms with van der Waals surface area (Å²) in [5.41, 5.74) is -1.72. The van der Waals surface area contributed by atoms with Crippen molar-refractivity contribution < 1.29 is 22.3 Å². The van der Waals surface area contributed by atoms with Crippen LogP contribution in [0.2, 0.25) is 0 Å². The number of rotatable bonds is 8. The van der Waals surface area contributed by atoms with E-state index in [4.69, 9.17) is 15.6 Å². The Morgan fingerprint density at radius 1 is 1.31 bits per heavy atom. The van der Waals surface area contributed by atoms with Gasteiger partial charge in [-0.15, -0.1) is 0 Å². The van der Waals surface area contributed by atoms with Gasteiger partial charge in [-0.1, -0.05) is 11.6 Å². The average Bonchev–Trinajstić information content (AvgIpc) is 3.20. The van der Waals surface area contributed by atoms with Gasteiger partial charge in [0.25, 0.3) is 0 Å². The van der Waals surface area contributed by atoms with Crippen LogP contribution in [-0.4, -0.2) is 58.0 Å². The summed E-state index contributed by atoms with van der Waals surface area (Å²) in [6.45, 7) is 2.30. The number of nitrogens with one attached hydrogen (secondary N) is 3. The standard InChI is InChI=1S/C27H32F4N6O2/c1-25(7-4-8-25)34-11-17-9-20(27(29,30)31)21-13-36(24(38)37(21)12-17)19-6-3-5-18(10-19)26(14-39-15-26)22(28)23(33)35(2)16-32/h6,9-10,12-13,16,22,32-34H,3-5,7-8,11,14-15H2,1-2H3. The maximum absolute atomic E-state index is 15.6. The molecule has 2 aromatic rings. The number of halogens is 4. The minimum Gasteiger partial charge on any atom is -0.379 e. The Kier molecular flexibility index (Phi) is 6.82. The van der Waals surface area contributed by atoms with E-state index in [2.05, 4.69) is 5.32 Å². The third-order valence-corrected chi connectivity index (χ3v) is 8.33. The predicted molar refractivity (Wildman–Crippen MR) is 140 cm³/mol. The molecular weight excluding hydrogens is 516 g/mol. The molecule has 3 aliphatic rings. The summed E-state index contributed by atoms with van der Waals surface area (Å²) in [5, 5.41) is 18.8. The molecule has 1 aliphatic heterocycles. The zero-order valence-electron chi connectivity index (χ0n) is 21.9. The second kappa shape index (κ2) is 9.74. The van der Waals surface area contributed by atoms with Gasteiger partial charge in [-0.3, -0.25) is 19.8 Å². The van der Waals surface area contributed by atoms with Gasteiger partial charge in [-0.2, -0.15) is 13.2 Å². The van der Waals surface area contributed by atoms with Crippen molar-refractivity contribution in [2.24, 2.45) is 5.41 Å². The minimum absolute atomic E-state index is 0.0294. The van der Waals surface area contributed by atoms with Gasteiger partial charge in [-0.25, -0.2) is 9.18 Å². The number of ether oxygens (including phenoxy) is 1. The first kappa shape index (κ1) is 27.3. The predicted octanol–water partition coefficient (Wildman–Crippen LogP) is 4.58. The summed E-state index contributed by atoms with van der Waals surface area (Å²) in [5.74, 6) is -0.385. The Bertz CT molecular complexity index is 1430. The summed E-state index contributed by atoms with van der Waals surface area (Å²) in [4.78, 5) is 14.5. The third-order valence-electron chi connectivity index (χ3n) is 8.33. The van der Waals surface area contributed by atoms with Crippen LogP contribution < -0.4 is 11.0 Å². The molecule has 1 atom stereocenters. The van der Waals surface area contributed by atoms with E-state index in [9.17, 15) is 18.0 Å². The smallest absolute Gasteiger partial charge is 0.379 e. The molecule has 5 rings (SSSR count). The lowest BCUT2D eigenvalue weighted by Crippen LogP contribution is -2.56. The van der Waals surface area contributed by atoms with E-state index < -0.39 is 29.0 Å². The summed E-state index contributed by atoms with van der Waals surface area (Å²) in [6, 6.07) is 1.09. The fraction of sp³-hybridized carbons (Fsp3) is 0.519. The van der Waals surface area contributed by atoms with Gasteiger partial charge in [0.15, 0.2) is 6.17 Å². The highest BCUT2D eigenvalue weighted by molar-refractivity contribution is 5.93. The fourth-order valence-electron chi connectivity index (χ4n) is 5.53. The molecule has 0 radical (unpaired) electrons. The second-order valence-corrected chi connectivity index (χ2v) is 11.0. The topological polar surface area (TPSA) is 98.6 Å².